The predicted molar refractivity (Wildman–Crippen MR) is 84.8 cm³/mol. The first kappa shape index (κ1) is 12.1. The number of hydrogen-bond donors (Lipinski definition) is 1. The predicted octanol–water partition coefficient (Wildman–Crippen LogP) is 2.42. The lowest BCUT2D eigenvalue weighted by Gasteiger charge is -2.11. The van der Waals surface area contributed by atoms with Crippen molar-refractivity contribution in [3.05, 3.63) is 47.4 Å². The molecule has 2 aromatic heterocycles. The summed E-state index contributed by atoms with van der Waals surface area (Å²) < 4.78 is 1.80. The standard InChI is InChI=1S/C17H17N5/c1-9-19-16(13-8-18-22(2)17(13)20-9)21-15-12-7-10-5-3-4-6-11(10)14(12)15/h3-6,8,12,14-15H,7H2,1-2H3,(H,19,20,21)/t12-,14+,15+/m0/s1. The van der Waals surface area contributed by atoms with Crippen LogP contribution in [0.4, 0.5) is 5.82 Å². The maximum atomic E-state index is 4.60. The number of rotatable bonds is 2. The van der Waals surface area contributed by atoms with E-state index in [1.54, 1.807) is 4.68 Å². The van der Waals surface area contributed by atoms with Crippen molar-refractivity contribution in [2.45, 2.75) is 25.3 Å². The highest BCUT2D eigenvalue weighted by atomic mass is 15.3. The van der Waals surface area contributed by atoms with Gasteiger partial charge in [-0.15, -0.1) is 0 Å². The van der Waals surface area contributed by atoms with Gasteiger partial charge in [-0.25, -0.2) is 9.97 Å². The molecule has 1 saturated carbocycles. The zero-order valence-corrected chi connectivity index (χ0v) is 12.6. The maximum absolute atomic E-state index is 4.60. The summed E-state index contributed by atoms with van der Waals surface area (Å²) in [6, 6.07) is 9.30. The molecule has 110 valence electrons. The third kappa shape index (κ3) is 1.56. The maximum Gasteiger partial charge on any atom is 0.163 e. The van der Waals surface area contributed by atoms with Gasteiger partial charge in [0.1, 0.15) is 11.6 Å². The third-order valence-corrected chi connectivity index (χ3v) is 5.05. The van der Waals surface area contributed by atoms with E-state index in [1.807, 2.05) is 20.2 Å². The van der Waals surface area contributed by atoms with Crippen LogP contribution < -0.4 is 5.32 Å². The van der Waals surface area contributed by atoms with Gasteiger partial charge in [-0.3, -0.25) is 4.68 Å². The van der Waals surface area contributed by atoms with Crippen LogP contribution in [0.25, 0.3) is 11.0 Å². The molecular formula is C17H17N5. The van der Waals surface area contributed by atoms with Crippen molar-refractivity contribution in [1.29, 1.82) is 0 Å². The van der Waals surface area contributed by atoms with Gasteiger partial charge in [0.25, 0.3) is 0 Å². The molecule has 0 bridgehead atoms. The lowest BCUT2D eigenvalue weighted by molar-refractivity contribution is 0.782. The van der Waals surface area contributed by atoms with Gasteiger partial charge in [0.2, 0.25) is 0 Å². The van der Waals surface area contributed by atoms with Crippen LogP contribution in [0.15, 0.2) is 30.5 Å². The fourth-order valence-corrected chi connectivity index (χ4v) is 3.95. The summed E-state index contributed by atoms with van der Waals surface area (Å²) >= 11 is 0. The number of fused-ring (bicyclic) bond motifs is 4. The molecule has 2 aliphatic carbocycles. The van der Waals surface area contributed by atoms with E-state index in [2.05, 4.69) is 44.6 Å². The number of aromatic nitrogens is 4. The number of benzene rings is 1. The molecule has 0 amide bonds. The summed E-state index contributed by atoms with van der Waals surface area (Å²) in [7, 11) is 1.92. The van der Waals surface area contributed by atoms with E-state index >= 15 is 0 Å². The molecule has 0 radical (unpaired) electrons. The minimum Gasteiger partial charge on any atom is -0.366 e. The number of hydrogen-bond acceptors (Lipinski definition) is 4. The second-order valence-electron chi connectivity index (χ2n) is 6.39. The first-order valence-electron chi connectivity index (χ1n) is 7.73. The average molecular weight is 291 g/mol. The van der Waals surface area contributed by atoms with E-state index in [4.69, 9.17) is 0 Å². The van der Waals surface area contributed by atoms with E-state index in [0.29, 0.717) is 17.9 Å². The molecule has 0 unspecified atom stereocenters. The molecule has 2 aliphatic rings. The summed E-state index contributed by atoms with van der Waals surface area (Å²) in [5, 5.41) is 8.96. The van der Waals surface area contributed by atoms with Crippen LogP contribution in [-0.2, 0) is 13.5 Å². The third-order valence-electron chi connectivity index (χ3n) is 5.05. The lowest BCUT2D eigenvalue weighted by atomic mass is 10.1. The lowest BCUT2D eigenvalue weighted by Crippen LogP contribution is -2.12. The Labute approximate surface area is 128 Å². The van der Waals surface area contributed by atoms with Crippen molar-refractivity contribution in [1.82, 2.24) is 19.7 Å². The van der Waals surface area contributed by atoms with Crippen molar-refractivity contribution in [2.24, 2.45) is 13.0 Å². The van der Waals surface area contributed by atoms with E-state index < -0.39 is 0 Å². The van der Waals surface area contributed by atoms with E-state index in [0.717, 1.165) is 22.7 Å². The van der Waals surface area contributed by atoms with Crippen LogP contribution in [0.5, 0.6) is 0 Å². The number of aryl methyl sites for hydroxylation is 2. The summed E-state index contributed by atoms with van der Waals surface area (Å²) in [4.78, 5) is 9.08. The molecule has 1 fully saturated rings. The molecule has 2 heterocycles. The molecule has 0 saturated heterocycles. The Bertz CT molecular complexity index is 897. The Hall–Kier alpha value is -2.43. The summed E-state index contributed by atoms with van der Waals surface area (Å²) in [5.41, 5.74) is 3.92. The Kier molecular flexibility index (Phi) is 2.24. The van der Waals surface area contributed by atoms with Crippen LogP contribution in [0.3, 0.4) is 0 Å². The zero-order valence-electron chi connectivity index (χ0n) is 12.6. The minimum atomic E-state index is 0.493. The quantitative estimate of drug-likeness (QED) is 0.788. The molecule has 1 aromatic carbocycles. The molecule has 0 aliphatic heterocycles. The Balaban J connectivity index is 1.50. The highest BCUT2D eigenvalue weighted by molar-refractivity contribution is 5.86. The van der Waals surface area contributed by atoms with Crippen molar-refractivity contribution in [2.75, 3.05) is 5.32 Å². The van der Waals surface area contributed by atoms with Gasteiger partial charge in [0.05, 0.1) is 11.6 Å². The molecule has 5 rings (SSSR count). The van der Waals surface area contributed by atoms with Crippen LogP contribution in [0.2, 0.25) is 0 Å². The fraction of sp³-hybridized carbons (Fsp3) is 0.353. The summed E-state index contributed by atoms with van der Waals surface area (Å²) in [6.07, 6.45) is 3.03. The van der Waals surface area contributed by atoms with Crippen molar-refractivity contribution in [3.63, 3.8) is 0 Å². The van der Waals surface area contributed by atoms with Crippen molar-refractivity contribution < 1.29 is 0 Å². The van der Waals surface area contributed by atoms with Gasteiger partial charge in [0, 0.05) is 19.0 Å². The average Bonchev–Trinajstić information content (AvgIpc) is 2.86. The van der Waals surface area contributed by atoms with Crippen molar-refractivity contribution >= 4 is 16.9 Å². The van der Waals surface area contributed by atoms with E-state index in [9.17, 15) is 0 Å². The van der Waals surface area contributed by atoms with Crippen LogP contribution in [0.1, 0.15) is 22.9 Å². The number of anilines is 1. The molecule has 0 spiro atoms. The molecule has 22 heavy (non-hydrogen) atoms. The Morgan fingerprint density at radius 1 is 1.23 bits per heavy atom. The zero-order chi connectivity index (χ0) is 14.8. The normalized spacial score (nSPS) is 25.1. The highest BCUT2D eigenvalue weighted by Gasteiger charge is 2.55. The van der Waals surface area contributed by atoms with Gasteiger partial charge in [0.15, 0.2) is 5.65 Å². The summed E-state index contributed by atoms with van der Waals surface area (Å²) in [5.74, 6) is 3.05. The van der Waals surface area contributed by atoms with Crippen LogP contribution in [0, 0.1) is 12.8 Å². The number of nitrogens with one attached hydrogen (secondary N) is 1. The Morgan fingerprint density at radius 2 is 2.09 bits per heavy atom. The van der Waals surface area contributed by atoms with E-state index in [1.165, 1.54) is 17.5 Å². The monoisotopic (exact) mass is 291 g/mol. The smallest absolute Gasteiger partial charge is 0.163 e. The van der Waals surface area contributed by atoms with Gasteiger partial charge in [-0.2, -0.15) is 5.10 Å². The molecule has 3 aromatic rings. The summed E-state index contributed by atoms with van der Waals surface area (Å²) in [6.45, 7) is 1.93. The van der Waals surface area contributed by atoms with Gasteiger partial charge < -0.3 is 5.32 Å². The molecule has 3 atom stereocenters. The Morgan fingerprint density at radius 3 is 3.00 bits per heavy atom. The van der Waals surface area contributed by atoms with Gasteiger partial charge >= 0.3 is 0 Å². The number of nitrogens with zero attached hydrogens (tertiary/aromatic N) is 4. The molecular weight excluding hydrogens is 274 g/mol. The second-order valence-corrected chi connectivity index (χ2v) is 6.39. The highest BCUT2D eigenvalue weighted by Crippen LogP contribution is 2.57. The molecule has 5 nitrogen and oxygen atoms in total. The van der Waals surface area contributed by atoms with E-state index in [-0.39, 0.29) is 0 Å². The van der Waals surface area contributed by atoms with Crippen molar-refractivity contribution in [3.8, 4) is 0 Å². The molecule has 1 N–H and O–H groups in total. The minimum absolute atomic E-state index is 0.493. The largest absolute Gasteiger partial charge is 0.366 e. The van der Waals surface area contributed by atoms with Gasteiger partial charge in [-0.05, 0) is 30.4 Å². The van der Waals surface area contributed by atoms with Crippen LogP contribution in [-0.4, -0.2) is 25.8 Å². The first-order chi connectivity index (χ1) is 10.7. The SMILES string of the molecule is Cc1nc(N[C@@H]2[C@H]3Cc4ccccc4[C@H]32)c2cnn(C)c2n1. The first-order valence-corrected chi connectivity index (χ1v) is 7.73. The topological polar surface area (TPSA) is 55.6 Å². The second kappa shape index (κ2) is 4.06. The van der Waals surface area contributed by atoms with Gasteiger partial charge in [-0.1, -0.05) is 24.3 Å². The van der Waals surface area contributed by atoms with Crippen LogP contribution >= 0.6 is 0 Å². The fourth-order valence-electron chi connectivity index (χ4n) is 3.95. The molecule has 5 heteroatoms.